The summed E-state index contributed by atoms with van der Waals surface area (Å²) in [5.74, 6) is -0.0625. The molecule has 1 aromatic carbocycles. The van der Waals surface area contributed by atoms with E-state index in [-0.39, 0.29) is 11.9 Å². The molecule has 3 amide bonds. The molecule has 0 aromatic heterocycles. The van der Waals surface area contributed by atoms with Gasteiger partial charge >= 0.3 is 6.03 Å². The average molecular weight is 366 g/mol. The maximum absolute atomic E-state index is 12.6. The molecule has 1 atom stereocenters. The third-order valence-electron chi connectivity index (χ3n) is 3.79. The molecule has 0 bridgehead atoms. The van der Waals surface area contributed by atoms with Gasteiger partial charge in [-0.05, 0) is 17.7 Å². The Morgan fingerprint density at radius 3 is 2.73 bits per heavy atom. The third-order valence-corrected chi connectivity index (χ3v) is 4.32. The van der Waals surface area contributed by atoms with E-state index in [1.54, 1.807) is 12.0 Å². The number of amides is 3. The van der Waals surface area contributed by atoms with E-state index in [9.17, 15) is 9.59 Å². The smallest absolute Gasteiger partial charge is 0.319 e. The Morgan fingerprint density at radius 1 is 1.32 bits per heavy atom. The van der Waals surface area contributed by atoms with Crippen molar-refractivity contribution < 1.29 is 14.3 Å². The Morgan fingerprint density at radius 2 is 2.05 bits per heavy atom. The van der Waals surface area contributed by atoms with Crippen molar-refractivity contribution >= 4 is 27.9 Å². The molecule has 0 spiro atoms. The Kier molecular flexibility index (Phi) is 4.17. The molecular weight excluding hydrogens is 350 g/mol. The Labute approximate surface area is 136 Å². The van der Waals surface area contributed by atoms with Crippen LogP contribution in [0.3, 0.4) is 0 Å². The summed E-state index contributed by atoms with van der Waals surface area (Å²) in [4.78, 5) is 26.2. The molecule has 0 fully saturated rings. The number of nitrogens with zero attached hydrogens (tertiary/aromatic N) is 1. The van der Waals surface area contributed by atoms with Crippen molar-refractivity contribution in [3.63, 3.8) is 0 Å². The third kappa shape index (κ3) is 2.74. The number of nitrogens with one attached hydrogen (secondary N) is 2. The summed E-state index contributed by atoms with van der Waals surface area (Å²) in [6.07, 6.45) is 0. The van der Waals surface area contributed by atoms with Crippen LogP contribution in [0.5, 0.6) is 0 Å². The van der Waals surface area contributed by atoms with E-state index in [0.717, 1.165) is 10.0 Å². The van der Waals surface area contributed by atoms with E-state index in [1.165, 1.54) is 0 Å². The van der Waals surface area contributed by atoms with Gasteiger partial charge in [0.1, 0.15) is 0 Å². The lowest BCUT2D eigenvalue weighted by Crippen LogP contribution is -2.44. The quantitative estimate of drug-likeness (QED) is 0.850. The predicted molar refractivity (Wildman–Crippen MR) is 84.0 cm³/mol. The summed E-state index contributed by atoms with van der Waals surface area (Å²) in [7, 11) is 1.60. The second-order valence-electron chi connectivity index (χ2n) is 5.19. The molecule has 3 rings (SSSR count). The summed E-state index contributed by atoms with van der Waals surface area (Å²) < 4.78 is 5.98. The van der Waals surface area contributed by atoms with Gasteiger partial charge in [0.25, 0.3) is 5.91 Å². The van der Waals surface area contributed by atoms with Crippen LogP contribution in [0, 0.1) is 0 Å². The zero-order chi connectivity index (χ0) is 15.7. The van der Waals surface area contributed by atoms with Gasteiger partial charge in [-0.25, -0.2) is 4.79 Å². The van der Waals surface area contributed by atoms with Crippen molar-refractivity contribution in [2.24, 2.45) is 0 Å². The number of ether oxygens (including phenoxy) is 1. The molecule has 22 heavy (non-hydrogen) atoms. The second kappa shape index (κ2) is 6.10. The van der Waals surface area contributed by atoms with E-state index in [4.69, 9.17) is 4.74 Å². The summed E-state index contributed by atoms with van der Waals surface area (Å²) in [5.41, 5.74) is 2.17. The van der Waals surface area contributed by atoms with Crippen molar-refractivity contribution in [3.05, 3.63) is 45.6 Å². The number of rotatable bonds is 4. The van der Waals surface area contributed by atoms with Gasteiger partial charge in [0.15, 0.2) is 0 Å². The number of benzene rings is 1. The highest BCUT2D eigenvalue weighted by molar-refractivity contribution is 9.10. The van der Waals surface area contributed by atoms with E-state index in [2.05, 4.69) is 26.6 Å². The van der Waals surface area contributed by atoms with Crippen LogP contribution in [-0.2, 0) is 9.53 Å². The Bertz CT molecular complexity index is 642. The SMILES string of the molecule is COCCN1CC2=C(C1=O)[C@@H](c1ccc(Br)cc1)NC(=O)N2. The van der Waals surface area contributed by atoms with Crippen molar-refractivity contribution in [2.75, 3.05) is 26.8 Å². The summed E-state index contributed by atoms with van der Waals surface area (Å²) in [6.45, 7) is 1.39. The van der Waals surface area contributed by atoms with Crippen molar-refractivity contribution in [1.29, 1.82) is 0 Å². The first-order valence-electron chi connectivity index (χ1n) is 6.94. The molecular formula is C15H16BrN3O3. The number of carbonyl (C=O) groups excluding carboxylic acids is 2. The van der Waals surface area contributed by atoms with Gasteiger partial charge in [-0.15, -0.1) is 0 Å². The van der Waals surface area contributed by atoms with Crippen LogP contribution in [-0.4, -0.2) is 43.6 Å². The Balaban J connectivity index is 1.90. The number of hydrogen-bond acceptors (Lipinski definition) is 3. The first-order chi connectivity index (χ1) is 10.6. The van der Waals surface area contributed by atoms with Crippen LogP contribution in [0.4, 0.5) is 4.79 Å². The molecule has 7 heteroatoms. The maximum atomic E-state index is 12.6. The van der Waals surface area contributed by atoms with Crippen LogP contribution in [0.15, 0.2) is 40.0 Å². The van der Waals surface area contributed by atoms with Gasteiger partial charge in [-0.1, -0.05) is 28.1 Å². The lowest BCUT2D eigenvalue weighted by atomic mass is 9.96. The van der Waals surface area contributed by atoms with Gasteiger partial charge in [0, 0.05) is 18.1 Å². The van der Waals surface area contributed by atoms with Gasteiger partial charge in [0.2, 0.25) is 0 Å². The first kappa shape index (κ1) is 15.1. The highest BCUT2D eigenvalue weighted by Gasteiger charge is 2.40. The average Bonchev–Trinajstić information content (AvgIpc) is 2.81. The minimum atomic E-state index is -0.420. The van der Waals surface area contributed by atoms with Gasteiger partial charge in [-0.2, -0.15) is 0 Å². The molecule has 2 aliphatic heterocycles. The van der Waals surface area contributed by atoms with Crippen LogP contribution >= 0.6 is 15.9 Å². The summed E-state index contributed by atoms with van der Waals surface area (Å²) in [6, 6.07) is 6.88. The lowest BCUT2D eigenvalue weighted by Gasteiger charge is -2.25. The number of carbonyl (C=O) groups is 2. The van der Waals surface area contributed by atoms with E-state index >= 15 is 0 Å². The molecule has 1 aromatic rings. The normalized spacial score (nSPS) is 20.8. The molecule has 2 N–H and O–H groups in total. The number of hydrogen-bond donors (Lipinski definition) is 2. The fraction of sp³-hybridized carbons (Fsp3) is 0.333. The predicted octanol–water partition coefficient (Wildman–Crippen LogP) is 1.55. The largest absolute Gasteiger partial charge is 0.383 e. The van der Waals surface area contributed by atoms with Crippen LogP contribution in [0.2, 0.25) is 0 Å². The standard InChI is InChI=1S/C15H16BrN3O3/c1-22-7-6-19-8-11-12(14(19)20)13(18-15(21)17-11)9-2-4-10(16)5-3-9/h2-5,13H,6-8H2,1H3,(H2,17,18,21)/t13-/m1/s1. The summed E-state index contributed by atoms with van der Waals surface area (Å²) in [5, 5.41) is 5.57. The molecule has 0 radical (unpaired) electrons. The van der Waals surface area contributed by atoms with E-state index in [0.29, 0.717) is 31.0 Å². The fourth-order valence-electron chi connectivity index (χ4n) is 2.72. The molecule has 0 saturated heterocycles. The van der Waals surface area contributed by atoms with Crippen molar-refractivity contribution in [1.82, 2.24) is 15.5 Å². The molecule has 2 heterocycles. The highest BCUT2D eigenvalue weighted by Crippen LogP contribution is 2.32. The number of halogens is 1. The van der Waals surface area contributed by atoms with Gasteiger partial charge < -0.3 is 20.3 Å². The monoisotopic (exact) mass is 365 g/mol. The van der Waals surface area contributed by atoms with E-state index in [1.807, 2.05) is 24.3 Å². The highest BCUT2D eigenvalue weighted by atomic mass is 79.9. The zero-order valence-corrected chi connectivity index (χ0v) is 13.6. The molecule has 0 saturated carbocycles. The summed E-state index contributed by atoms with van der Waals surface area (Å²) >= 11 is 3.39. The van der Waals surface area contributed by atoms with Crippen molar-refractivity contribution in [3.8, 4) is 0 Å². The first-order valence-corrected chi connectivity index (χ1v) is 7.73. The van der Waals surface area contributed by atoms with Crippen molar-refractivity contribution in [2.45, 2.75) is 6.04 Å². The second-order valence-corrected chi connectivity index (χ2v) is 6.11. The van der Waals surface area contributed by atoms with Gasteiger partial charge in [0.05, 0.1) is 30.5 Å². The van der Waals surface area contributed by atoms with Crippen LogP contribution in [0.1, 0.15) is 11.6 Å². The lowest BCUT2D eigenvalue weighted by molar-refractivity contribution is -0.126. The maximum Gasteiger partial charge on any atom is 0.319 e. The minimum Gasteiger partial charge on any atom is -0.383 e. The Hall–Kier alpha value is -1.86. The molecule has 0 unspecified atom stereocenters. The molecule has 0 aliphatic carbocycles. The molecule has 2 aliphatic rings. The van der Waals surface area contributed by atoms with E-state index < -0.39 is 6.04 Å². The topological polar surface area (TPSA) is 70.7 Å². The fourth-order valence-corrected chi connectivity index (χ4v) is 2.98. The zero-order valence-electron chi connectivity index (χ0n) is 12.1. The minimum absolute atomic E-state index is 0.0625. The number of methoxy groups -OCH3 is 1. The van der Waals surface area contributed by atoms with Gasteiger partial charge in [-0.3, -0.25) is 4.79 Å². The number of urea groups is 1. The van der Waals surface area contributed by atoms with Crippen LogP contribution in [0.25, 0.3) is 0 Å². The molecule has 6 nitrogen and oxygen atoms in total. The molecule has 116 valence electrons. The van der Waals surface area contributed by atoms with Crippen LogP contribution < -0.4 is 10.6 Å².